The summed E-state index contributed by atoms with van der Waals surface area (Å²) in [5, 5.41) is 0. The van der Waals surface area contributed by atoms with Crippen molar-refractivity contribution in [3.05, 3.63) is 0 Å². The Bertz CT molecular complexity index is 205. The highest BCUT2D eigenvalue weighted by Crippen LogP contribution is 2.08. The molecular weight excluding hydrogens is 194 g/mol. The van der Waals surface area contributed by atoms with Gasteiger partial charge in [-0.1, -0.05) is 6.92 Å². The predicted octanol–water partition coefficient (Wildman–Crippen LogP) is -0.402. The number of morpholine rings is 1. The maximum Gasteiger partial charge on any atom is 0.258 e. The Labute approximate surface area is 79.8 Å². The Morgan fingerprint density at radius 1 is 1.46 bits per heavy atom. The van der Waals surface area contributed by atoms with Crippen molar-refractivity contribution in [2.45, 2.75) is 19.6 Å². The largest absolute Gasteiger partial charge is 0.379 e. The summed E-state index contributed by atoms with van der Waals surface area (Å²) in [6, 6.07) is 0. The van der Waals surface area contributed by atoms with Crippen molar-refractivity contribution in [3.63, 3.8) is 0 Å². The minimum Gasteiger partial charge on any atom is -0.379 e. The minimum atomic E-state index is -2.75. The molecule has 1 heterocycles. The fourth-order valence-corrected chi connectivity index (χ4v) is 1.85. The average molecular weight is 209 g/mol. The van der Waals surface area contributed by atoms with Crippen LogP contribution in [0, 0.1) is 0 Å². The molecule has 0 spiro atoms. The summed E-state index contributed by atoms with van der Waals surface area (Å²) in [7, 11) is -2.75. The molecule has 1 atom stereocenters. The van der Waals surface area contributed by atoms with Crippen molar-refractivity contribution in [3.8, 4) is 0 Å². The highest BCUT2D eigenvalue weighted by Gasteiger charge is 2.20. The Hall–Kier alpha value is -0.170. The van der Waals surface area contributed by atoms with Crippen LogP contribution in [0.4, 0.5) is 0 Å². The van der Waals surface area contributed by atoms with E-state index in [2.05, 4.69) is 0 Å². The average Bonchev–Trinajstić information content (AvgIpc) is 2.15. The van der Waals surface area contributed by atoms with Gasteiger partial charge < -0.3 is 4.74 Å². The SMILES string of the molecule is CCC(O[SH](=O)=O)N1CCOCC1. The molecule has 1 unspecified atom stereocenters. The first-order valence-electron chi connectivity index (χ1n) is 4.37. The molecule has 0 radical (unpaired) electrons. The first kappa shape index (κ1) is 10.9. The molecule has 1 aliphatic rings. The summed E-state index contributed by atoms with van der Waals surface area (Å²) in [6.07, 6.45) is 0.355. The summed E-state index contributed by atoms with van der Waals surface area (Å²) in [6.45, 7) is 4.67. The summed E-state index contributed by atoms with van der Waals surface area (Å²) in [5.41, 5.74) is 0. The molecule has 13 heavy (non-hydrogen) atoms. The summed E-state index contributed by atoms with van der Waals surface area (Å²) < 4.78 is 30.7. The molecule has 0 saturated carbocycles. The number of hydrogen-bond donors (Lipinski definition) is 1. The van der Waals surface area contributed by atoms with Gasteiger partial charge in [-0.2, -0.15) is 0 Å². The first-order chi connectivity index (χ1) is 6.24. The summed E-state index contributed by atoms with van der Waals surface area (Å²) in [5.74, 6) is 0. The van der Waals surface area contributed by atoms with E-state index in [0.717, 1.165) is 13.1 Å². The van der Waals surface area contributed by atoms with E-state index in [1.54, 1.807) is 0 Å². The van der Waals surface area contributed by atoms with Gasteiger partial charge in [-0.05, 0) is 6.42 Å². The summed E-state index contributed by atoms with van der Waals surface area (Å²) in [4.78, 5) is 1.98. The molecule has 6 heteroatoms. The standard InChI is InChI=1S/C7H15NO4S/c1-2-7(12-13(9)10)8-3-5-11-6-4-8/h7,13H,2-6H2,1H3. The van der Waals surface area contributed by atoms with E-state index in [1.165, 1.54) is 0 Å². The lowest BCUT2D eigenvalue weighted by molar-refractivity contribution is -0.0424. The fourth-order valence-electron chi connectivity index (χ4n) is 1.36. The molecule has 0 aliphatic carbocycles. The van der Waals surface area contributed by atoms with Crippen LogP contribution in [0.25, 0.3) is 0 Å². The number of rotatable bonds is 4. The monoisotopic (exact) mass is 209 g/mol. The van der Waals surface area contributed by atoms with Crippen molar-refractivity contribution in [2.75, 3.05) is 26.3 Å². The van der Waals surface area contributed by atoms with Crippen molar-refractivity contribution < 1.29 is 17.3 Å². The Balaban J connectivity index is 2.43. The predicted molar refractivity (Wildman–Crippen MR) is 47.9 cm³/mol. The third-order valence-electron chi connectivity index (χ3n) is 2.01. The van der Waals surface area contributed by atoms with Gasteiger partial charge in [-0.15, -0.1) is 0 Å². The Morgan fingerprint density at radius 3 is 2.54 bits per heavy atom. The third-order valence-corrected chi connectivity index (χ3v) is 2.43. The van der Waals surface area contributed by atoms with E-state index in [0.29, 0.717) is 19.6 Å². The van der Waals surface area contributed by atoms with E-state index >= 15 is 0 Å². The molecule has 5 nitrogen and oxygen atoms in total. The minimum absolute atomic E-state index is 0.315. The Morgan fingerprint density at radius 2 is 2.08 bits per heavy atom. The molecule has 0 N–H and O–H groups in total. The molecule has 0 bridgehead atoms. The molecule has 78 valence electrons. The van der Waals surface area contributed by atoms with Gasteiger partial charge in [0.1, 0.15) is 6.23 Å². The van der Waals surface area contributed by atoms with E-state index in [1.807, 2.05) is 11.8 Å². The van der Waals surface area contributed by atoms with Gasteiger partial charge in [0.2, 0.25) is 0 Å². The zero-order valence-electron chi connectivity index (χ0n) is 7.64. The number of ether oxygens (including phenoxy) is 1. The fraction of sp³-hybridized carbons (Fsp3) is 1.00. The molecule has 1 aliphatic heterocycles. The van der Waals surface area contributed by atoms with Crippen molar-refractivity contribution in [1.82, 2.24) is 4.90 Å². The van der Waals surface area contributed by atoms with Gasteiger partial charge in [-0.3, -0.25) is 9.08 Å². The van der Waals surface area contributed by atoms with Crippen LogP contribution in [0.3, 0.4) is 0 Å². The van der Waals surface area contributed by atoms with Gasteiger partial charge in [0.15, 0.2) is 0 Å². The molecular formula is C7H15NO4S. The highest BCUT2D eigenvalue weighted by atomic mass is 32.2. The van der Waals surface area contributed by atoms with Crippen LogP contribution in [-0.4, -0.2) is 45.8 Å². The molecule has 0 aromatic rings. The highest BCUT2D eigenvalue weighted by molar-refractivity contribution is 7.67. The number of hydrogen-bond acceptors (Lipinski definition) is 5. The second kappa shape index (κ2) is 5.54. The number of nitrogens with zero attached hydrogens (tertiary/aromatic N) is 1. The number of thiol groups is 1. The van der Waals surface area contributed by atoms with Crippen LogP contribution in [0.15, 0.2) is 0 Å². The van der Waals surface area contributed by atoms with Crippen molar-refractivity contribution >= 4 is 11.0 Å². The Kier molecular flexibility index (Phi) is 4.65. The quantitative estimate of drug-likeness (QED) is 0.638. The van der Waals surface area contributed by atoms with Gasteiger partial charge >= 0.3 is 0 Å². The topological polar surface area (TPSA) is 55.8 Å². The zero-order chi connectivity index (χ0) is 9.68. The van der Waals surface area contributed by atoms with Crippen LogP contribution < -0.4 is 0 Å². The lowest BCUT2D eigenvalue weighted by Gasteiger charge is -2.31. The molecule has 0 aromatic heterocycles. The van der Waals surface area contributed by atoms with Crippen molar-refractivity contribution in [2.24, 2.45) is 0 Å². The van der Waals surface area contributed by atoms with Gasteiger partial charge in [0.25, 0.3) is 11.0 Å². The lowest BCUT2D eigenvalue weighted by atomic mass is 10.3. The second-order valence-corrected chi connectivity index (χ2v) is 3.50. The molecule has 1 fully saturated rings. The van der Waals surface area contributed by atoms with Crippen LogP contribution in [0.1, 0.15) is 13.3 Å². The van der Waals surface area contributed by atoms with Crippen LogP contribution in [0.5, 0.6) is 0 Å². The lowest BCUT2D eigenvalue weighted by Crippen LogP contribution is -2.44. The maximum atomic E-state index is 10.4. The molecule has 1 saturated heterocycles. The first-order valence-corrected chi connectivity index (χ1v) is 5.46. The van der Waals surface area contributed by atoms with Crippen LogP contribution in [0.2, 0.25) is 0 Å². The van der Waals surface area contributed by atoms with Crippen LogP contribution >= 0.6 is 0 Å². The third kappa shape index (κ3) is 3.60. The molecule has 0 aromatic carbocycles. The smallest absolute Gasteiger partial charge is 0.258 e. The van der Waals surface area contributed by atoms with Gasteiger partial charge in [0, 0.05) is 13.1 Å². The van der Waals surface area contributed by atoms with E-state index in [9.17, 15) is 8.42 Å². The molecule has 1 rings (SSSR count). The van der Waals surface area contributed by atoms with Crippen molar-refractivity contribution in [1.29, 1.82) is 0 Å². The normalized spacial score (nSPS) is 22.0. The maximum absolute atomic E-state index is 10.4. The van der Waals surface area contributed by atoms with Gasteiger partial charge in [-0.25, -0.2) is 8.42 Å². The zero-order valence-corrected chi connectivity index (χ0v) is 8.53. The van der Waals surface area contributed by atoms with Crippen LogP contribution in [-0.2, 0) is 19.9 Å². The van der Waals surface area contributed by atoms with E-state index in [4.69, 9.17) is 8.92 Å². The van der Waals surface area contributed by atoms with Gasteiger partial charge in [0.05, 0.1) is 13.2 Å². The van der Waals surface area contributed by atoms with E-state index in [-0.39, 0.29) is 6.23 Å². The summed E-state index contributed by atoms with van der Waals surface area (Å²) >= 11 is 0. The molecule has 0 amide bonds. The van der Waals surface area contributed by atoms with E-state index < -0.39 is 11.0 Å². The second-order valence-electron chi connectivity index (χ2n) is 2.84.